The van der Waals surface area contributed by atoms with Crippen molar-refractivity contribution in [2.75, 3.05) is 0 Å². The SMILES string of the molecule is CCCC1(C2CCC(C3CCC(OC(C)=O)C(O)C3)CC2)CCCCC1C1CCCCC1. The van der Waals surface area contributed by atoms with Gasteiger partial charge in [0.2, 0.25) is 0 Å². The van der Waals surface area contributed by atoms with Gasteiger partial charge in [-0.25, -0.2) is 0 Å². The highest BCUT2D eigenvalue weighted by Gasteiger charge is 2.49. The first kappa shape index (κ1) is 24.6. The molecular formula is C29H50O3. The van der Waals surface area contributed by atoms with Gasteiger partial charge in [0.1, 0.15) is 6.10 Å². The molecule has 4 rings (SSSR count). The Hall–Kier alpha value is -0.570. The lowest BCUT2D eigenvalue weighted by Crippen LogP contribution is -2.46. The Morgan fingerprint density at radius 2 is 1.53 bits per heavy atom. The molecule has 3 heteroatoms. The van der Waals surface area contributed by atoms with Crippen molar-refractivity contribution in [3.05, 3.63) is 0 Å². The third kappa shape index (κ3) is 5.39. The van der Waals surface area contributed by atoms with Gasteiger partial charge in [-0.15, -0.1) is 0 Å². The van der Waals surface area contributed by atoms with Crippen LogP contribution in [0.4, 0.5) is 0 Å². The summed E-state index contributed by atoms with van der Waals surface area (Å²) in [7, 11) is 0. The van der Waals surface area contributed by atoms with E-state index in [9.17, 15) is 9.90 Å². The van der Waals surface area contributed by atoms with Crippen LogP contribution in [0, 0.1) is 35.0 Å². The molecule has 4 saturated carbocycles. The highest BCUT2D eigenvalue weighted by atomic mass is 16.6. The first-order valence-electron chi connectivity index (χ1n) is 14.4. The van der Waals surface area contributed by atoms with Crippen LogP contribution in [0.25, 0.3) is 0 Å². The number of aliphatic hydroxyl groups is 1. The van der Waals surface area contributed by atoms with Crippen LogP contribution in [-0.4, -0.2) is 23.3 Å². The van der Waals surface area contributed by atoms with E-state index in [0.717, 1.165) is 42.9 Å². The fourth-order valence-corrected chi connectivity index (χ4v) is 9.11. The van der Waals surface area contributed by atoms with E-state index in [1.807, 2.05) is 0 Å². The second-order valence-electron chi connectivity index (χ2n) is 12.1. The summed E-state index contributed by atoms with van der Waals surface area (Å²) < 4.78 is 5.36. The molecule has 5 atom stereocenters. The van der Waals surface area contributed by atoms with E-state index >= 15 is 0 Å². The third-order valence-electron chi connectivity index (χ3n) is 10.4. The maximum absolute atomic E-state index is 11.3. The quantitative estimate of drug-likeness (QED) is 0.431. The van der Waals surface area contributed by atoms with Gasteiger partial charge in [0.05, 0.1) is 6.10 Å². The Morgan fingerprint density at radius 3 is 2.19 bits per heavy atom. The van der Waals surface area contributed by atoms with Gasteiger partial charge in [0, 0.05) is 6.92 Å². The molecule has 0 aliphatic heterocycles. The number of carbonyl (C=O) groups excluding carboxylic acids is 1. The van der Waals surface area contributed by atoms with Crippen molar-refractivity contribution in [2.24, 2.45) is 35.0 Å². The van der Waals surface area contributed by atoms with Crippen LogP contribution in [-0.2, 0) is 9.53 Å². The Labute approximate surface area is 197 Å². The highest BCUT2D eigenvalue weighted by Crippen LogP contribution is 2.59. The largest absolute Gasteiger partial charge is 0.460 e. The van der Waals surface area contributed by atoms with Gasteiger partial charge in [-0.3, -0.25) is 4.79 Å². The summed E-state index contributed by atoms with van der Waals surface area (Å²) in [6.45, 7) is 3.89. The number of aliphatic hydroxyl groups excluding tert-OH is 1. The van der Waals surface area contributed by atoms with Gasteiger partial charge in [0.25, 0.3) is 0 Å². The first-order valence-corrected chi connectivity index (χ1v) is 14.4. The van der Waals surface area contributed by atoms with Crippen molar-refractivity contribution in [3.8, 4) is 0 Å². The summed E-state index contributed by atoms with van der Waals surface area (Å²) in [5, 5.41) is 10.6. The van der Waals surface area contributed by atoms with E-state index in [0.29, 0.717) is 11.3 Å². The van der Waals surface area contributed by atoms with Crippen LogP contribution in [0.2, 0.25) is 0 Å². The van der Waals surface area contributed by atoms with Crippen LogP contribution >= 0.6 is 0 Å². The minimum Gasteiger partial charge on any atom is -0.460 e. The molecular weight excluding hydrogens is 396 g/mol. The van der Waals surface area contributed by atoms with Crippen molar-refractivity contribution >= 4 is 5.97 Å². The monoisotopic (exact) mass is 446 g/mol. The number of carbonyl (C=O) groups is 1. The van der Waals surface area contributed by atoms with Crippen molar-refractivity contribution in [2.45, 2.75) is 142 Å². The molecule has 4 aliphatic rings. The third-order valence-corrected chi connectivity index (χ3v) is 10.4. The topological polar surface area (TPSA) is 46.5 Å². The number of hydrogen-bond donors (Lipinski definition) is 1. The average molecular weight is 447 g/mol. The predicted molar refractivity (Wildman–Crippen MR) is 130 cm³/mol. The highest BCUT2D eigenvalue weighted by molar-refractivity contribution is 5.66. The van der Waals surface area contributed by atoms with Gasteiger partial charge in [0.15, 0.2) is 0 Å². The van der Waals surface area contributed by atoms with E-state index in [4.69, 9.17) is 4.74 Å². The van der Waals surface area contributed by atoms with Gasteiger partial charge < -0.3 is 9.84 Å². The molecule has 1 N–H and O–H groups in total. The molecule has 184 valence electrons. The molecule has 4 aliphatic carbocycles. The predicted octanol–water partition coefficient (Wildman–Crippen LogP) is 7.44. The maximum atomic E-state index is 11.3. The van der Waals surface area contributed by atoms with E-state index in [1.54, 1.807) is 0 Å². The molecule has 0 bridgehead atoms. The van der Waals surface area contributed by atoms with Crippen LogP contribution in [0.3, 0.4) is 0 Å². The molecule has 0 radical (unpaired) electrons. The van der Waals surface area contributed by atoms with Gasteiger partial charge in [-0.2, -0.15) is 0 Å². The van der Waals surface area contributed by atoms with Crippen LogP contribution < -0.4 is 0 Å². The molecule has 3 nitrogen and oxygen atoms in total. The molecule has 32 heavy (non-hydrogen) atoms. The molecule has 0 spiro atoms. The Kier molecular flexibility index (Phi) is 8.62. The summed E-state index contributed by atoms with van der Waals surface area (Å²) in [5.41, 5.74) is 0.631. The zero-order valence-electron chi connectivity index (χ0n) is 21.0. The fraction of sp³-hybridized carbons (Fsp3) is 0.966. The van der Waals surface area contributed by atoms with E-state index < -0.39 is 6.10 Å². The van der Waals surface area contributed by atoms with Crippen molar-refractivity contribution in [1.82, 2.24) is 0 Å². The summed E-state index contributed by atoms with van der Waals surface area (Å²) >= 11 is 0. The lowest BCUT2D eigenvalue weighted by atomic mass is 9.50. The Bertz CT molecular complexity index is 585. The minimum atomic E-state index is -0.462. The minimum absolute atomic E-state index is 0.255. The Balaban J connectivity index is 1.38. The average Bonchev–Trinajstić information content (AvgIpc) is 2.81. The second-order valence-corrected chi connectivity index (χ2v) is 12.1. The van der Waals surface area contributed by atoms with Gasteiger partial charge >= 0.3 is 5.97 Å². The van der Waals surface area contributed by atoms with Crippen LogP contribution in [0.5, 0.6) is 0 Å². The Morgan fingerprint density at radius 1 is 0.844 bits per heavy atom. The number of rotatable bonds is 6. The molecule has 0 aromatic carbocycles. The first-order chi connectivity index (χ1) is 15.5. The molecule has 0 aromatic rings. The lowest BCUT2D eigenvalue weighted by Gasteiger charge is -2.55. The van der Waals surface area contributed by atoms with Crippen LogP contribution in [0.15, 0.2) is 0 Å². The molecule has 0 amide bonds. The zero-order chi connectivity index (χ0) is 22.6. The lowest BCUT2D eigenvalue weighted by molar-refractivity contribution is -0.157. The van der Waals surface area contributed by atoms with Gasteiger partial charge in [-0.05, 0) is 99.2 Å². The van der Waals surface area contributed by atoms with Gasteiger partial charge in [-0.1, -0.05) is 58.3 Å². The summed E-state index contributed by atoms with van der Waals surface area (Å²) in [4.78, 5) is 11.3. The van der Waals surface area contributed by atoms with Crippen molar-refractivity contribution in [3.63, 3.8) is 0 Å². The van der Waals surface area contributed by atoms with Crippen molar-refractivity contribution < 1.29 is 14.6 Å². The van der Waals surface area contributed by atoms with E-state index in [-0.39, 0.29) is 12.1 Å². The fourth-order valence-electron chi connectivity index (χ4n) is 9.11. The summed E-state index contributed by atoms with van der Waals surface area (Å²) in [6, 6.07) is 0. The number of hydrogen-bond acceptors (Lipinski definition) is 3. The smallest absolute Gasteiger partial charge is 0.302 e. The number of esters is 1. The van der Waals surface area contributed by atoms with E-state index in [1.165, 1.54) is 103 Å². The second kappa shape index (κ2) is 11.2. The normalized spacial score (nSPS) is 41.8. The molecule has 0 aromatic heterocycles. The number of ether oxygens (including phenoxy) is 1. The summed E-state index contributed by atoms with van der Waals surface area (Å²) in [5.74, 6) is 4.09. The van der Waals surface area contributed by atoms with Crippen molar-refractivity contribution in [1.29, 1.82) is 0 Å². The molecule has 5 unspecified atom stereocenters. The van der Waals surface area contributed by atoms with Crippen LogP contribution in [0.1, 0.15) is 129 Å². The maximum Gasteiger partial charge on any atom is 0.302 e. The standard InChI is InChI=1S/C29H50O3/c1-3-18-29(19-8-7-11-26(29)23-9-5-4-6-10-23)25-15-12-22(13-16-25)24-14-17-28(27(31)20-24)32-21(2)30/h22-28,31H,3-20H2,1-2H3. The summed E-state index contributed by atoms with van der Waals surface area (Å²) in [6.07, 6.45) is 23.9. The molecule has 0 heterocycles. The van der Waals surface area contributed by atoms with E-state index in [2.05, 4.69) is 6.92 Å². The zero-order valence-corrected chi connectivity index (χ0v) is 21.0. The molecule has 0 saturated heterocycles. The molecule has 4 fully saturated rings.